The third kappa shape index (κ3) is 3.73. The van der Waals surface area contributed by atoms with E-state index >= 15 is 0 Å². The number of amides is 1. The third-order valence-electron chi connectivity index (χ3n) is 3.55. The van der Waals surface area contributed by atoms with Crippen LogP contribution in [0.15, 0.2) is 12.1 Å². The fraction of sp³-hybridized carbons (Fsp3) is 0.500. The van der Waals surface area contributed by atoms with Crippen LogP contribution in [0.3, 0.4) is 0 Å². The lowest BCUT2D eigenvalue weighted by molar-refractivity contribution is -0.124. The summed E-state index contributed by atoms with van der Waals surface area (Å²) >= 11 is 6.16. The monoisotopic (exact) mass is 332 g/mol. The summed E-state index contributed by atoms with van der Waals surface area (Å²) in [6.07, 6.45) is 0.897. The quantitative estimate of drug-likeness (QED) is 0.885. The van der Waals surface area contributed by atoms with E-state index in [1.165, 1.54) is 0 Å². The molecule has 3 rings (SSSR count). The second kappa shape index (κ2) is 7.20. The average molecular weight is 333 g/mol. The Bertz CT molecular complexity index is 519. The molecule has 2 aliphatic heterocycles. The molecule has 0 bridgehead atoms. The molecule has 1 saturated heterocycles. The van der Waals surface area contributed by atoms with Gasteiger partial charge in [0.15, 0.2) is 11.5 Å². The molecule has 1 atom stereocenters. The van der Waals surface area contributed by atoms with Crippen molar-refractivity contribution in [3.8, 4) is 11.5 Å². The van der Waals surface area contributed by atoms with Gasteiger partial charge in [-0.25, -0.2) is 0 Å². The molecule has 2 N–H and O–H groups in total. The molecule has 116 valence electrons. The molecule has 0 spiro atoms. The standard InChI is InChI=1S/C14H17ClN2O3.ClH/c15-11-5-9(6-12-13(11)20-4-3-19-12)7-17-14(18)10-1-2-16-8-10;/h5-6,10,16H,1-4,7-8H2,(H,17,18);1H. The van der Waals surface area contributed by atoms with Crippen molar-refractivity contribution in [1.82, 2.24) is 10.6 Å². The zero-order valence-electron chi connectivity index (χ0n) is 11.5. The topological polar surface area (TPSA) is 59.6 Å². The Hall–Kier alpha value is -1.17. The number of nitrogens with one attached hydrogen (secondary N) is 2. The van der Waals surface area contributed by atoms with Gasteiger partial charge < -0.3 is 20.1 Å². The summed E-state index contributed by atoms with van der Waals surface area (Å²) in [5.74, 6) is 1.40. The summed E-state index contributed by atoms with van der Waals surface area (Å²) in [5, 5.41) is 6.65. The Labute approximate surface area is 134 Å². The first-order valence-electron chi connectivity index (χ1n) is 6.80. The van der Waals surface area contributed by atoms with E-state index in [1.54, 1.807) is 0 Å². The number of hydrogen-bond donors (Lipinski definition) is 2. The van der Waals surface area contributed by atoms with Crippen molar-refractivity contribution in [3.05, 3.63) is 22.7 Å². The second-order valence-electron chi connectivity index (χ2n) is 5.01. The van der Waals surface area contributed by atoms with Gasteiger partial charge in [-0.3, -0.25) is 4.79 Å². The molecule has 0 saturated carbocycles. The number of carbonyl (C=O) groups excluding carboxylic acids is 1. The summed E-state index contributed by atoms with van der Waals surface area (Å²) in [6.45, 7) is 3.15. The number of ether oxygens (including phenoxy) is 2. The van der Waals surface area contributed by atoms with Gasteiger partial charge in [-0.2, -0.15) is 0 Å². The third-order valence-corrected chi connectivity index (χ3v) is 3.84. The molecule has 1 unspecified atom stereocenters. The van der Waals surface area contributed by atoms with Crippen LogP contribution < -0.4 is 20.1 Å². The zero-order chi connectivity index (χ0) is 13.9. The highest BCUT2D eigenvalue weighted by molar-refractivity contribution is 6.32. The van der Waals surface area contributed by atoms with Gasteiger partial charge in [0.05, 0.1) is 10.9 Å². The van der Waals surface area contributed by atoms with E-state index in [9.17, 15) is 4.79 Å². The lowest BCUT2D eigenvalue weighted by Gasteiger charge is -2.20. The number of benzene rings is 1. The van der Waals surface area contributed by atoms with Crippen LogP contribution in [-0.2, 0) is 11.3 Å². The van der Waals surface area contributed by atoms with Crippen molar-refractivity contribution in [2.75, 3.05) is 26.3 Å². The van der Waals surface area contributed by atoms with Crippen molar-refractivity contribution in [1.29, 1.82) is 0 Å². The van der Waals surface area contributed by atoms with Gasteiger partial charge in [-0.05, 0) is 30.7 Å². The molecular weight excluding hydrogens is 315 g/mol. The van der Waals surface area contributed by atoms with E-state index in [1.807, 2.05) is 12.1 Å². The maximum Gasteiger partial charge on any atom is 0.224 e. The van der Waals surface area contributed by atoms with Crippen molar-refractivity contribution >= 4 is 29.9 Å². The normalized spacial score (nSPS) is 19.8. The number of halogens is 2. The summed E-state index contributed by atoms with van der Waals surface area (Å²) in [6, 6.07) is 3.68. The number of hydrogen-bond acceptors (Lipinski definition) is 4. The first kappa shape index (κ1) is 16.2. The van der Waals surface area contributed by atoms with Gasteiger partial charge >= 0.3 is 0 Å². The van der Waals surface area contributed by atoms with E-state index in [4.69, 9.17) is 21.1 Å². The summed E-state index contributed by atoms with van der Waals surface area (Å²) in [4.78, 5) is 12.0. The lowest BCUT2D eigenvalue weighted by atomic mass is 10.1. The van der Waals surface area contributed by atoms with Crippen molar-refractivity contribution in [3.63, 3.8) is 0 Å². The van der Waals surface area contributed by atoms with Gasteiger partial charge in [0.2, 0.25) is 5.91 Å². The lowest BCUT2D eigenvalue weighted by Crippen LogP contribution is -2.31. The molecule has 21 heavy (non-hydrogen) atoms. The largest absolute Gasteiger partial charge is 0.486 e. The Balaban J connectivity index is 0.00000161. The first-order chi connectivity index (χ1) is 9.74. The van der Waals surface area contributed by atoms with E-state index in [-0.39, 0.29) is 24.2 Å². The minimum Gasteiger partial charge on any atom is -0.486 e. The van der Waals surface area contributed by atoms with Gasteiger partial charge in [0, 0.05) is 13.1 Å². The highest BCUT2D eigenvalue weighted by Gasteiger charge is 2.22. The van der Waals surface area contributed by atoms with Crippen LogP contribution in [0.4, 0.5) is 0 Å². The molecule has 1 amide bonds. The highest BCUT2D eigenvalue weighted by atomic mass is 35.5. The molecule has 2 heterocycles. The number of carbonyl (C=O) groups is 1. The average Bonchev–Trinajstić information content (AvgIpc) is 2.99. The van der Waals surface area contributed by atoms with Crippen molar-refractivity contribution < 1.29 is 14.3 Å². The zero-order valence-corrected chi connectivity index (χ0v) is 13.1. The van der Waals surface area contributed by atoms with Crippen LogP contribution in [0, 0.1) is 5.92 Å². The van der Waals surface area contributed by atoms with E-state index in [0.29, 0.717) is 36.3 Å². The number of rotatable bonds is 3. The van der Waals surface area contributed by atoms with Gasteiger partial charge in [-0.1, -0.05) is 11.6 Å². The van der Waals surface area contributed by atoms with Crippen LogP contribution in [0.5, 0.6) is 11.5 Å². The molecule has 2 aliphatic rings. The minimum absolute atomic E-state index is 0. The molecule has 0 radical (unpaired) electrons. The fourth-order valence-corrected chi connectivity index (χ4v) is 2.77. The number of fused-ring (bicyclic) bond motifs is 1. The Morgan fingerprint density at radius 3 is 2.95 bits per heavy atom. The molecule has 0 aromatic heterocycles. The van der Waals surface area contributed by atoms with Crippen LogP contribution >= 0.6 is 24.0 Å². The van der Waals surface area contributed by atoms with Crippen LogP contribution in [0.1, 0.15) is 12.0 Å². The van der Waals surface area contributed by atoms with Gasteiger partial charge in [-0.15, -0.1) is 12.4 Å². The molecule has 1 aromatic rings. The van der Waals surface area contributed by atoms with Crippen molar-refractivity contribution in [2.24, 2.45) is 5.92 Å². The Morgan fingerprint density at radius 1 is 1.38 bits per heavy atom. The van der Waals surface area contributed by atoms with Gasteiger partial charge in [0.25, 0.3) is 0 Å². The summed E-state index contributed by atoms with van der Waals surface area (Å²) < 4.78 is 11.0. The SMILES string of the molecule is Cl.O=C(NCc1cc(Cl)c2c(c1)OCCO2)C1CCNC1. The van der Waals surface area contributed by atoms with E-state index in [0.717, 1.165) is 25.1 Å². The maximum absolute atomic E-state index is 12.0. The highest BCUT2D eigenvalue weighted by Crippen LogP contribution is 2.38. The smallest absolute Gasteiger partial charge is 0.224 e. The Morgan fingerprint density at radius 2 is 2.19 bits per heavy atom. The molecule has 0 aliphatic carbocycles. The predicted octanol–water partition coefficient (Wildman–Crippen LogP) is 1.76. The predicted molar refractivity (Wildman–Crippen MR) is 82.5 cm³/mol. The van der Waals surface area contributed by atoms with Crippen molar-refractivity contribution in [2.45, 2.75) is 13.0 Å². The first-order valence-corrected chi connectivity index (χ1v) is 7.18. The molecular formula is C14H18Cl2N2O3. The van der Waals surface area contributed by atoms with Crippen LogP contribution in [0.2, 0.25) is 5.02 Å². The van der Waals surface area contributed by atoms with Crippen LogP contribution in [0.25, 0.3) is 0 Å². The Kier molecular flexibility index (Phi) is 5.56. The molecule has 1 aromatic carbocycles. The van der Waals surface area contributed by atoms with E-state index < -0.39 is 0 Å². The molecule has 1 fully saturated rings. The minimum atomic E-state index is 0. The molecule has 5 nitrogen and oxygen atoms in total. The van der Waals surface area contributed by atoms with Gasteiger partial charge in [0.1, 0.15) is 13.2 Å². The van der Waals surface area contributed by atoms with E-state index in [2.05, 4.69) is 10.6 Å². The molecule has 7 heteroatoms. The van der Waals surface area contributed by atoms with Crippen LogP contribution in [-0.4, -0.2) is 32.2 Å². The summed E-state index contributed by atoms with van der Waals surface area (Å²) in [7, 11) is 0. The summed E-state index contributed by atoms with van der Waals surface area (Å²) in [5.41, 5.74) is 0.915. The maximum atomic E-state index is 12.0. The second-order valence-corrected chi connectivity index (χ2v) is 5.42. The fourth-order valence-electron chi connectivity index (χ4n) is 2.48.